The van der Waals surface area contributed by atoms with Crippen molar-refractivity contribution in [2.45, 2.75) is 13.3 Å². The molecule has 0 atom stereocenters. The number of nitrogens with zero attached hydrogens (tertiary/aromatic N) is 2. The highest BCUT2D eigenvalue weighted by atomic mass is 16.5. The summed E-state index contributed by atoms with van der Waals surface area (Å²) in [4.78, 5) is 26.4. The van der Waals surface area contributed by atoms with E-state index in [1.807, 2.05) is 6.92 Å². The summed E-state index contributed by atoms with van der Waals surface area (Å²) < 4.78 is 6.32. The Morgan fingerprint density at radius 3 is 2.94 bits per heavy atom. The minimum atomic E-state index is -0.430. The number of ether oxygens (including phenoxy) is 1. The van der Waals surface area contributed by atoms with Gasteiger partial charge in [0.25, 0.3) is 0 Å². The molecule has 0 unspecified atom stereocenters. The van der Waals surface area contributed by atoms with Crippen LogP contribution in [0.4, 0.5) is 5.82 Å². The maximum Gasteiger partial charge on any atom is 0.339 e. The molecule has 0 aliphatic carbocycles. The van der Waals surface area contributed by atoms with E-state index in [0.717, 1.165) is 5.69 Å². The molecule has 6 heteroatoms. The minimum Gasteiger partial charge on any atom is -0.465 e. The first-order valence-corrected chi connectivity index (χ1v) is 5.50. The number of hydrogen-bond acceptors (Lipinski definition) is 4. The predicted molar refractivity (Wildman–Crippen MR) is 65.6 cm³/mol. The van der Waals surface area contributed by atoms with Crippen LogP contribution in [-0.2, 0) is 16.0 Å². The summed E-state index contributed by atoms with van der Waals surface area (Å²) in [5.41, 5.74) is 1.84. The molecule has 6 nitrogen and oxygen atoms in total. The maximum atomic E-state index is 11.5. The van der Waals surface area contributed by atoms with Crippen molar-refractivity contribution in [1.82, 2.24) is 9.38 Å². The third-order valence-electron chi connectivity index (χ3n) is 2.64. The second-order valence-electron chi connectivity index (χ2n) is 3.66. The van der Waals surface area contributed by atoms with Gasteiger partial charge in [-0.25, -0.2) is 9.78 Å². The molecule has 0 bridgehead atoms. The molecule has 0 aliphatic rings. The second kappa shape index (κ2) is 4.87. The van der Waals surface area contributed by atoms with E-state index in [2.05, 4.69) is 15.0 Å². The quantitative estimate of drug-likeness (QED) is 0.652. The van der Waals surface area contributed by atoms with Crippen LogP contribution in [0.1, 0.15) is 23.0 Å². The largest absolute Gasteiger partial charge is 0.465 e. The van der Waals surface area contributed by atoms with Crippen LogP contribution in [0.3, 0.4) is 0 Å². The van der Waals surface area contributed by atoms with Crippen LogP contribution in [0.2, 0.25) is 0 Å². The highest BCUT2D eigenvalue weighted by Crippen LogP contribution is 2.19. The first-order chi connectivity index (χ1) is 8.71. The monoisotopic (exact) mass is 247 g/mol. The van der Waals surface area contributed by atoms with Gasteiger partial charge in [0.05, 0.1) is 18.4 Å². The van der Waals surface area contributed by atoms with Crippen LogP contribution in [0.25, 0.3) is 5.65 Å². The lowest BCUT2D eigenvalue weighted by atomic mass is 10.3. The molecule has 0 spiro atoms. The predicted octanol–water partition coefficient (Wildman–Crippen LogP) is 1.25. The number of pyridine rings is 1. The third-order valence-corrected chi connectivity index (χ3v) is 2.64. The zero-order chi connectivity index (χ0) is 13.1. The van der Waals surface area contributed by atoms with Gasteiger partial charge in [-0.2, -0.15) is 0 Å². The molecule has 0 saturated heterocycles. The van der Waals surface area contributed by atoms with Crippen molar-refractivity contribution >= 4 is 23.8 Å². The lowest BCUT2D eigenvalue weighted by Gasteiger charge is -2.03. The highest BCUT2D eigenvalue weighted by Gasteiger charge is 2.13. The molecular weight excluding hydrogens is 234 g/mol. The van der Waals surface area contributed by atoms with Gasteiger partial charge < -0.3 is 10.1 Å². The summed E-state index contributed by atoms with van der Waals surface area (Å²) >= 11 is 0. The number of carbonyl (C=O) groups excluding carboxylic acids is 2. The fraction of sp³-hybridized carbons (Fsp3) is 0.250. The summed E-state index contributed by atoms with van der Waals surface area (Å²) in [6, 6.07) is 3.35. The normalized spacial score (nSPS) is 10.3. The van der Waals surface area contributed by atoms with E-state index in [1.54, 1.807) is 22.7 Å². The van der Waals surface area contributed by atoms with Crippen molar-refractivity contribution in [3.8, 4) is 0 Å². The van der Waals surface area contributed by atoms with Crippen LogP contribution in [0.5, 0.6) is 0 Å². The Hall–Kier alpha value is -2.37. The zero-order valence-electron chi connectivity index (χ0n) is 10.1. The number of anilines is 1. The van der Waals surface area contributed by atoms with E-state index in [4.69, 9.17) is 0 Å². The molecule has 0 radical (unpaired) electrons. The van der Waals surface area contributed by atoms with Gasteiger partial charge in [-0.15, -0.1) is 0 Å². The molecule has 2 heterocycles. The number of aryl methyl sites for hydroxylation is 1. The van der Waals surface area contributed by atoms with Gasteiger partial charge in [-0.1, -0.05) is 6.92 Å². The Morgan fingerprint density at radius 1 is 1.56 bits per heavy atom. The molecule has 1 N–H and O–H groups in total. The fourth-order valence-corrected chi connectivity index (χ4v) is 1.79. The molecular formula is C12H13N3O3. The molecule has 0 aromatic carbocycles. The average molecular weight is 247 g/mol. The van der Waals surface area contributed by atoms with Gasteiger partial charge in [0.1, 0.15) is 11.5 Å². The number of nitrogens with one attached hydrogen (secondary N) is 1. The van der Waals surface area contributed by atoms with Crippen molar-refractivity contribution in [3.05, 3.63) is 29.6 Å². The third kappa shape index (κ3) is 1.92. The average Bonchev–Trinajstić information content (AvgIpc) is 2.75. The first-order valence-electron chi connectivity index (χ1n) is 5.50. The summed E-state index contributed by atoms with van der Waals surface area (Å²) in [6.07, 6.45) is 2.87. The smallest absolute Gasteiger partial charge is 0.339 e. The van der Waals surface area contributed by atoms with Gasteiger partial charge in [-0.3, -0.25) is 9.20 Å². The Balaban J connectivity index is 2.62. The van der Waals surface area contributed by atoms with Crippen molar-refractivity contribution in [3.63, 3.8) is 0 Å². The Bertz CT molecular complexity index is 604. The van der Waals surface area contributed by atoms with E-state index in [-0.39, 0.29) is 0 Å². The van der Waals surface area contributed by atoms with Crippen LogP contribution in [0, 0.1) is 0 Å². The number of hydrogen-bond donors (Lipinski definition) is 1. The van der Waals surface area contributed by atoms with E-state index in [1.165, 1.54) is 7.11 Å². The van der Waals surface area contributed by atoms with E-state index < -0.39 is 5.97 Å². The van der Waals surface area contributed by atoms with Crippen molar-refractivity contribution < 1.29 is 14.3 Å². The molecule has 2 aromatic heterocycles. The van der Waals surface area contributed by atoms with Gasteiger partial charge in [0, 0.05) is 6.20 Å². The number of carbonyl (C=O) groups is 2. The number of imidazole rings is 1. The van der Waals surface area contributed by atoms with Gasteiger partial charge in [0.15, 0.2) is 0 Å². The Morgan fingerprint density at radius 2 is 2.33 bits per heavy atom. The SMILES string of the molecule is CCc1nc2ccc(C(=O)OC)cn2c1NC=O. The van der Waals surface area contributed by atoms with Crippen molar-refractivity contribution in [2.75, 3.05) is 12.4 Å². The van der Waals surface area contributed by atoms with Crippen molar-refractivity contribution in [1.29, 1.82) is 0 Å². The van der Waals surface area contributed by atoms with Gasteiger partial charge >= 0.3 is 5.97 Å². The van der Waals surface area contributed by atoms with Crippen molar-refractivity contribution in [2.24, 2.45) is 0 Å². The maximum absolute atomic E-state index is 11.5. The molecule has 1 amide bonds. The lowest BCUT2D eigenvalue weighted by molar-refractivity contribution is -0.105. The number of methoxy groups -OCH3 is 1. The fourth-order valence-electron chi connectivity index (χ4n) is 1.79. The van der Waals surface area contributed by atoms with Gasteiger partial charge in [-0.05, 0) is 18.6 Å². The summed E-state index contributed by atoms with van der Waals surface area (Å²) in [7, 11) is 1.32. The first kappa shape index (κ1) is 12.1. The van der Waals surface area contributed by atoms with E-state index >= 15 is 0 Å². The second-order valence-corrected chi connectivity index (χ2v) is 3.66. The summed E-state index contributed by atoms with van der Waals surface area (Å²) in [5.74, 6) is 0.147. The number of fused-ring (bicyclic) bond motifs is 1. The lowest BCUT2D eigenvalue weighted by Crippen LogP contribution is -2.05. The molecule has 18 heavy (non-hydrogen) atoms. The summed E-state index contributed by atoms with van der Waals surface area (Å²) in [6.45, 7) is 1.94. The zero-order valence-corrected chi connectivity index (χ0v) is 10.1. The Kier molecular flexibility index (Phi) is 3.27. The van der Waals surface area contributed by atoms with Crippen LogP contribution in [0.15, 0.2) is 18.3 Å². The topological polar surface area (TPSA) is 72.7 Å². The number of rotatable bonds is 4. The van der Waals surface area contributed by atoms with Crippen LogP contribution in [-0.4, -0.2) is 28.9 Å². The molecule has 94 valence electrons. The molecule has 0 fully saturated rings. The minimum absolute atomic E-state index is 0.402. The number of esters is 1. The van der Waals surface area contributed by atoms with Gasteiger partial charge in [0.2, 0.25) is 6.41 Å². The standard InChI is InChI=1S/C12H13N3O3/c1-3-9-11(13-7-16)15-6-8(12(17)18-2)4-5-10(15)14-9/h4-7H,3H2,1-2H3,(H,13,16). The summed E-state index contributed by atoms with van der Waals surface area (Å²) in [5, 5.41) is 2.60. The molecule has 2 rings (SSSR count). The molecule has 0 aliphatic heterocycles. The van der Waals surface area contributed by atoms with E-state index in [9.17, 15) is 9.59 Å². The molecule has 0 saturated carbocycles. The van der Waals surface area contributed by atoms with E-state index in [0.29, 0.717) is 29.9 Å². The van der Waals surface area contributed by atoms with Crippen LogP contribution < -0.4 is 5.32 Å². The number of aromatic nitrogens is 2. The highest BCUT2D eigenvalue weighted by molar-refractivity contribution is 5.89. The number of amides is 1. The van der Waals surface area contributed by atoms with Crippen LogP contribution >= 0.6 is 0 Å². The molecule has 2 aromatic rings. The Labute approximate surface area is 104 Å².